The van der Waals surface area contributed by atoms with Crippen molar-refractivity contribution in [1.29, 1.82) is 0 Å². The third kappa shape index (κ3) is 5.69. The van der Waals surface area contributed by atoms with Crippen LogP contribution in [0.3, 0.4) is 0 Å². The van der Waals surface area contributed by atoms with Crippen LogP contribution in [0.25, 0.3) is 0 Å². The van der Waals surface area contributed by atoms with Crippen LogP contribution in [0.15, 0.2) is 18.3 Å². The molecule has 0 aromatic carbocycles. The van der Waals surface area contributed by atoms with Gasteiger partial charge in [-0.1, -0.05) is 6.92 Å². The summed E-state index contributed by atoms with van der Waals surface area (Å²) < 4.78 is 4.92. The molecule has 0 bridgehead atoms. The van der Waals surface area contributed by atoms with E-state index in [9.17, 15) is 9.59 Å². The van der Waals surface area contributed by atoms with E-state index in [1.165, 1.54) is 13.3 Å². The number of amides is 1. The zero-order valence-corrected chi connectivity index (χ0v) is 11.8. The van der Waals surface area contributed by atoms with Gasteiger partial charge < -0.3 is 15.2 Å². The third-order valence-corrected chi connectivity index (χ3v) is 2.98. The van der Waals surface area contributed by atoms with Crippen LogP contribution in [0.1, 0.15) is 36.5 Å². The number of carboxylic acid groups (broad SMARTS) is 1. The molecule has 1 atom stereocenters. The fourth-order valence-electron chi connectivity index (χ4n) is 1.68. The van der Waals surface area contributed by atoms with Crippen molar-refractivity contribution in [3.05, 3.63) is 23.9 Å². The lowest BCUT2D eigenvalue weighted by Crippen LogP contribution is -2.25. The van der Waals surface area contributed by atoms with Gasteiger partial charge in [0, 0.05) is 25.2 Å². The lowest BCUT2D eigenvalue weighted by molar-refractivity contribution is -0.137. The van der Waals surface area contributed by atoms with E-state index in [4.69, 9.17) is 9.84 Å². The minimum Gasteiger partial charge on any atom is -0.481 e. The van der Waals surface area contributed by atoms with E-state index < -0.39 is 5.97 Å². The Hall–Kier alpha value is -2.11. The molecule has 0 aliphatic rings. The number of carboxylic acids is 1. The maximum absolute atomic E-state index is 11.8. The molecule has 110 valence electrons. The Bertz CT molecular complexity index is 445. The summed E-state index contributed by atoms with van der Waals surface area (Å²) >= 11 is 0. The summed E-state index contributed by atoms with van der Waals surface area (Å²) in [7, 11) is 1.51. The van der Waals surface area contributed by atoms with Gasteiger partial charge >= 0.3 is 5.97 Å². The van der Waals surface area contributed by atoms with Gasteiger partial charge in [-0.3, -0.25) is 9.59 Å². The highest BCUT2D eigenvalue weighted by Crippen LogP contribution is 2.10. The van der Waals surface area contributed by atoms with Crippen LogP contribution in [0.4, 0.5) is 0 Å². The van der Waals surface area contributed by atoms with Gasteiger partial charge in [0.1, 0.15) is 0 Å². The van der Waals surface area contributed by atoms with Crippen LogP contribution < -0.4 is 10.1 Å². The first-order valence-electron chi connectivity index (χ1n) is 6.53. The van der Waals surface area contributed by atoms with Gasteiger partial charge in [0.05, 0.1) is 12.7 Å². The number of methoxy groups -OCH3 is 1. The van der Waals surface area contributed by atoms with Gasteiger partial charge in [0.15, 0.2) is 0 Å². The van der Waals surface area contributed by atoms with Crippen molar-refractivity contribution >= 4 is 11.9 Å². The summed E-state index contributed by atoms with van der Waals surface area (Å²) in [5.41, 5.74) is 0.476. The smallest absolute Gasteiger partial charge is 0.303 e. The summed E-state index contributed by atoms with van der Waals surface area (Å²) in [6.45, 7) is 2.50. The van der Waals surface area contributed by atoms with E-state index in [0.717, 1.165) is 6.42 Å². The molecule has 20 heavy (non-hydrogen) atoms. The first-order valence-corrected chi connectivity index (χ1v) is 6.53. The average molecular weight is 280 g/mol. The zero-order valence-electron chi connectivity index (χ0n) is 11.8. The molecule has 0 saturated carbocycles. The van der Waals surface area contributed by atoms with Crippen LogP contribution in [-0.2, 0) is 4.79 Å². The summed E-state index contributed by atoms with van der Waals surface area (Å²) in [4.78, 5) is 26.2. The second kappa shape index (κ2) is 8.14. The molecule has 0 aliphatic carbocycles. The van der Waals surface area contributed by atoms with E-state index in [0.29, 0.717) is 24.4 Å². The molecule has 1 amide bonds. The molecule has 6 nitrogen and oxygen atoms in total. The molecule has 0 fully saturated rings. The lowest BCUT2D eigenvalue weighted by atomic mass is 10.0. The van der Waals surface area contributed by atoms with Gasteiger partial charge in [-0.15, -0.1) is 0 Å². The average Bonchev–Trinajstić information content (AvgIpc) is 2.45. The van der Waals surface area contributed by atoms with E-state index >= 15 is 0 Å². The summed E-state index contributed by atoms with van der Waals surface area (Å²) in [6, 6.07) is 3.28. The van der Waals surface area contributed by atoms with E-state index in [1.807, 2.05) is 6.92 Å². The van der Waals surface area contributed by atoms with E-state index in [2.05, 4.69) is 10.3 Å². The van der Waals surface area contributed by atoms with Crippen molar-refractivity contribution in [1.82, 2.24) is 10.3 Å². The summed E-state index contributed by atoms with van der Waals surface area (Å²) in [5.74, 6) is -0.250. The molecule has 1 aromatic rings. The lowest BCUT2D eigenvalue weighted by Gasteiger charge is -2.10. The Balaban J connectivity index is 2.30. The number of nitrogens with zero attached hydrogens (tertiary/aromatic N) is 1. The van der Waals surface area contributed by atoms with Gasteiger partial charge in [0.2, 0.25) is 5.88 Å². The Kier molecular flexibility index (Phi) is 6.49. The van der Waals surface area contributed by atoms with Crippen LogP contribution in [0, 0.1) is 5.92 Å². The number of carbonyl (C=O) groups excluding carboxylic acids is 1. The van der Waals surface area contributed by atoms with E-state index in [1.54, 1.807) is 12.1 Å². The van der Waals surface area contributed by atoms with Crippen LogP contribution in [-0.4, -0.2) is 35.6 Å². The fraction of sp³-hybridized carbons (Fsp3) is 0.500. The maximum Gasteiger partial charge on any atom is 0.303 e. The Morgan fingerprint density at radius 3 is 2.70 bits per heavy atom. The van der Waals surface area contributed by atoms with Crippen LogP contribution in [0.2, 0.25) is 0 Å². The zero-order chi connectivity index (χ0) is 15.0. The number of pyridine rings is 1. The monoisotopic (exact) mass is 280 g/mol. The minimum absolute atomic E-state index is 0.164. The largest absolute Gasteiger partial charge is 0.481 e. The normalized spacial score (nSPS) is 11.7. The van der Waals surface area contributed by atoms with Gasteiger partial charge in [0.25, 0.3) is 5.91 Å². The number of rotatable bonds is 8. The molecule has 0 saturated heterocycles. The number of aliphatic carboxylic acids is 1. The number of nitrogens with one attached hydrogen (secondary N) is 1. The molecule has 6 heteroatoms. The Morgan fingerprint density at radius 2 is 2.15 bits per heavy atom. The summed E-state index contributed by atoms with van der Waals surface area (Å²) in [5, 5.41) is 11.4. The fourth-order valence-corrected chi connectivity index (χ4v) is 1.68. The molecule has 0 spiro atoms. The Morgan fingerprint density at radius 1 is 1.40 bits per heavy atom. The second-order valence-electron chi connectivity index (χ2n) is 4.67. The van der Waals surface area contributed by atoms with Gasteiger partial charge in [-0.2, -0.15) is 0 Å². The Labute approximate surface area is 118 Å². The first kappa shape index (κ1) is 15.9. The molecule has 0 radical (unpaired) electrons. The predicted molar refractivity (Wildman–Crippen MR) is 73.8 cm³/mol. The van der Waals surface area contributed by atoms with Crippen molar-refractivity contribution in [2.45, 2.75) is 26.2 Å². The molecule has 1 rings (SSSR count). The number of hydrogen-bond donors (Lipinski definition) is 2. The molecular weight excluding hydrogens is 260 g/mol. The number of ether oxygens (including phenoxy) is 1. The number of aromatic nitrogens is 1. The highest BCUT2D eigenvalue weighted by Gasteiger charge is 2.08. The summed E-state index contributed by atoms with van der Waals surface area (Å²) in [6.07, 6.45) is 3.00. The molecule has 1 heterocycles. The van der Waals surface area contributed by atoms with E-state index in [-0.39, 0.29) is 18.2 Å². The van der Waals surface area contributed by atoms with Crippen molar-refractivity contribution in [3.8, 4) is 5.88 Å². The molecule has 0 aliphatic heterocycles. The third-order valence-electron chi connectivity index (χ3n) is 2.98. The molecule has 2 N–H and O–H groups in total. The van der Waals surface area contributed by atoms with Gasteiger partial charge in [-0.05, 0) is 24.8 Å². The maximum atomic E-state index is 11.8. The number of carbonyl (C=O) groups is 2. The second-order valence-corrected chi connectivity index (χ2v) is 4.67. The van der Waals surface area contributed by atoms with Gasteiger partial charge in [-0.25, -0.2) is 4.98 Å². The quantitative estimate of drug-likeness (QED) is 0.756. The number of hydrogen-bond acceptors (Lipinski definition) is 4. The highest BCUT2D eigenvalue weighted by molar-refractivity contribution is 5.93. The minimum atomic E-state index is -0.787. The van der Waals surface area contributed by atoms with Crippen molar-refractivity contribution in [2.75, 3.05) is 13.7 Å². The van der Waals surface area contributed by atoms with Crippen LogP contribution >= 0.6 is 0 Å². The van der Waals surface area contributed by atoms with Crippen LogP contribution in [0.5, 0.6) is 5.88 Å². The van der Waals surface area contributed by atoms with Crippen molar-refractivity contribution in [2.24, 2.45) is 5.92 Å². The SMILES string of the molecule is COc1ccc(C(=O)NCCC(C)CCC(=O)O)cn1. The predicted octanol–water partition coefficient (Wildman–Crippen LogP) is 1.71. The van der Waals surface area contributed by atoms with Crippen molar-refractivity contribution < 1.29 is 19.4 Å². The molecule has 1 unspecified atom stereocenters. The molecule has 1 aromatic heterocycles. The first-order chi connectivity index (χ1) is 9.52. The van der Waals surface area contributed by atoms with Crippen molar-refractivity contribution in [3.63, 3.8) is 0 Å². The topological polar surface area (TPSA) is 88.5 Å². The standard InChI is InChI=1S/C14H20N2O4/c1-10(3-6-13(17)18)7-8-15-14(19)11-4-5-12(20-2)16-9-11/h4-5,9-10H,3,6-8H2,1-2H3,(H,15,19)(H,17,18). The highest BCUT2D eigenvalue weighted by atomic mass is 16.5. The molecular formula is C14H20N2O4.